The second-order valence-electron chi connectivity index (χ2n) is 4.43. The summed E-state index contributed by atoms with van der Waals surface area (Å²) in [7, 11) is 1.79. The topological polar surface area (TPSA) is 96.3 Å². The van der Waals surface area contributed by atoms with Gasteiger partial charge in [-0.05, 0) is 12.8 Å². The minimum absolute atomic E-state index is 0.320. The SMILES string of the molecule is CCc1nn(C)cc1NC(=O)NCCC(C)C(=O)O. The summed E-state index contributed by atoms with van der Waals surface area (Å²) in [6.45, 7) is 3.89. The van der Waals surface area contributed by atoms with Crippen LogP contribution in [0, 0.1) is 5.92 Å². The second-order valence-corrected chi connectivity index (χ2v) is 4.43. The van der Waals surface area contributed by atoms with E-state index in [9.17, 15) is 9.59 Å². The normalized spacial score (nSPS) is 11.9. The molecule has 1 unspecified atom stereocenters. The molecule has 7 nitrogen and oxygen atoms in total. The van der Waals surface area contributed by atoms with Crippen LogP contribution >= 0.6 is 0 Å². The van der Waals surface area contributed by atoms with Crippen LogP contribution in [0.5, 0.6) is 0 Å². The number of aryl methyl sites for hydroxylation is 2. The van der Waals surface area contributed by atoms with Gasteiger partial charge in [-0.2, -0.15) is 5.10 Å². The molecule has 7 heteroatoms. The van der Waals surface area contributed by atoms with E-state index in [1.165, 1.54) is 0 Å². The number of amides is 2. The van der Waals surface area contributed by atoms with Crippen molar-refractivity contribution in [3.05, 3.63) is 11.9 Å². The molecule has 1 atom stereocenters. The van der Waals surface area contributed by atoms with Gasteiger partial charge in [-0.25, -0.2) is 4.79 Å². The second kappa shape index (κ2) is 6.77. The first-order valence-electron chi connectivity index (χ1n) is 6.24. The van der Waals surface area contributed by atoms with Gasteiger partial charge in [-0.15, -0.1) is 0 Å². The molecule has 0 aromatic carbocycles. The molecule has 3 N–H and O–H groups in total. The number of urea groups is 1. The molecule has 0 aliphatic carbocycles. The molecular formula is C12H20N4O3. The summed E-state index contributed by atoms with van der Waals surface area (Å²) < 4.78 is 1.64. The summed E-state index contributed by atoms with van der Waals surface area (Å²) in [6.07, 6.45) is 2.86. The maximum absolute atomic E-state index is 11.6. The van der Waals surface area contributed by atoms with Gasteiger partial charge >= 0.3 is 12.0 Å². The predicted octanol–water partition coefficient (Wildman–Crippen LogP) is 1.21. The number of carbonyl (C=O) groups excluding carboxylic acids is 1. The van der Waals surface area contributed by atoms with Crippen molar-refractivity contribution < 1.29 is 14.7 Å². The highest BCUT2D eigenvalue weighted by Crippen LogP contribution is 2.13. The van der Waals surface area contributed by atoms with Crippen LogP contribution in [0.25, 0.3) is 0 Å². The van der Waals surface area contributed by atoms with Crippen molar-refractivity contribution in [1.29, 1.82) is 0 Å². The molecule has 0 saturated heterocycles. The van der Waals surface area contributed by atoms with Crippen LogP contribution in [-0.2, 0) is 18.3 Å². The van der Waals surface area contributed by atoms with Crippen molar-refractivity contribution in [2.45, 2.75) is 26.7 Å². The number of rotatable bonds is 6. The summed E-state index contributed by atoms with van der Waals surface area (Å²) >= 11 is 0. The maximum Gasteiger partial charge on any atom is 0.319 e. The number of carboxylic acid groups (broad SMARTS) is 1. The van der Waals surface area contributed by atoms with Crippen molar-refractivity contribution in [3.63, 3.8) is 0 Å². The first-order chi connectivity index (χ1) is 8.93. The summed E-state index contributed by atoms with van der Waals surface area (Å²) in [5, 5.41) is 18.3. The van der Waals surface area contributed by atoms with Gasteiger partial charge in [0.15, 0.2) is 0 Å². The predicted molar refractivity (Wildman–Crippen MR) is 71.0 cm³/mol. The van der Waals surface area contributed by atoms with E-state index in [1.807, 2.05) is 6.92 Å². The first-order valence-corrected chi connectivity index (χ1v) is 6.24. The van der Waals surface area contributed by atoms with Crippen LogP contribution in [0.4, 0.5) is 10.5 Å². The summed E-state index contributed by atoms with van der Waals surface area (Å²) in [4.78, 5) is 22.2. The van der Waals surface area contributed by atoms with Gasteiger partial charge in [0.1, 0.15) is 0 Å². The molecule has 0 saturated carbocycles. The lowest BCUT2D eigenvalue weighted by atomic mass is 10.1. The molecule has 0 spiro atoms. The molecule has 0 fully saturated rings. The number of aliphatic carboxylic acids is 1. The average Bonchev–Trinajstić information content (AvgIpc) is 2.68. The lowest BCUT2D eigenvalue weighted by molar-refractivity contribution is -0.141. The van der Waals surface area contributed by atoms with Crippen molar-refractivity contribution in [1.82, 2.24) is 15.1 Å². The Kier molecular flexibility index (Phi) is 5.35. The summed E-state index contributed by atoms with van der Waals surface area (Å²) in [6, 6.07) is -0.347. The van der Waals surface area contributed by atoms with Crippen molar-refractivity contribution >= 4 is 17.7 Å². The summed E-state index contributed by atoms with van der Waals surface area (Å²) in [5.41, 5.74) is 1.49. The summed E-state index contributed by atoms with van der Waals surface area (Å²) in [5.74, 6) is -1.33. The van der Waals surface area contributed by atoms with E-state index in [0.29, 0.717) is 18.7 Å². The Morgan fingerprint density at radius 2 is 2.21 bits per heavy atom. The monoisotopic (exact) mass is 268 g/mol. The Hall–Kier alpha value is -2.05. The zero-order chi connectivity index (χ0) is 14.4. The highest BCUT2D eigenvalue weighted by molar-refractivity contribution is 5.89. The fourth-order valence-electron chi connectivity index (χ4n) is 1.59. The van der Waals surface area contributed by atoms with E-state index in [4.69, 9.17) is 5.11 Å². The Bertz CT molecular complexity index is 456. The van der Waals surface area contributed by atoms with Gasteiger partial charge in [-0.3, -0.25) is 9.48 Å². The highest BCUT2D eigenvalue weighted by atomic mass is 16.4. The van der Waals surface area contributed by atoms with E-state index in [0.717, 1.165) is 12.1 Å². The number of hydrogen-bond donors (Lipinski definition) is 3. The van der Waals surface area contributed by atoms with Crippen LogP contribution in [0.2, 0.25) is 0 Å². The number of hydrogen-bond acceptors (Lipinski definition) is 3. The molecular weight excluding hydrogens is 248 g/mol. The van der Waals surface area contributed by atoms with E-state index in [-0.39, 0.29) is 6.03 Å². The van der Waals surface area contributed by atoms with Crippen molar-refractivity contribution in [3.8, 4) is 0 Å². The molecule has 0 radical (unpaired) electrons. The molecule has 0 aliphatic rings. The van der Waals surface area contributed by atoms with Gasteiger partial charge < -0.3 is 15.7 Å². The molecule has 0 aliphatic heterocycles. The third-order valence-electron chi connectivity index (χ3n) is 2.77. The van der Waals surface area contributed by atoms with Crippen LogP contribution in [0.15, 0.2) is 6.20 Å². The van der Waals surface area contributed by atoms with Crippen LogP contribution in [0.1, 0.15) is 26.0 Å². The van der Waals surface area contributed by atoms with Crippen molar-refractivity contribution in [2.75, 3.05) is 11.9 Å². The quantitative estimate of drug-likeness (QED) is 0.722. The first kappa shape index (κ1) is 15.0. The zero-order valence-electron chi connectivity index (χ0n) is 11.4. The van der Waals surface area contributed by atoms with E-state index < -0.39 is 11.9 Å². The molecule has 0 bridgehead atoms. The average molecular weight is 268 g/mol. The Morgan fingerprint density at radius 1 is 1.53 bits per heavy atom. The third kappa shape index (κ3) is 4.61. The molecule has 1 aromatic heterocycles. The molecule has 106 valence electrons. The number of carbonyl (C=O) groups is 2. The number of aromatic nitrogens is 2. The Labute approximate surface area is 112 Å². The van der Waals surface area contributed by atoms with Gasteiger partial charge in [0, 0.05) is 19.8 Å². The fraction of sp³-hybridized carbons (Fsp3) is 0.583. The smallest absolute Gasteiger partial charge is 0.319 e. The number of nitrogens with zero attached hydrogens (tertiary/aromatic N) is 2. The van der Waals surface area contributed by atoms with Crippen LogP contribution < -0.4 is 10.6 Å². The van der Waals surface area contributed by atoms with E-state index in [2.05, 4.69) is 15.7 Å². The Balaban J connectivity index is 2.41. The van der Waals surface area contributed by atoms with Gasteiger partial charge in [0.25, 0.3) is 0 Å². The third-order valence-corrected chi connectivity index (χ3v) is 2.77. The number of nitrogens with one attached hydrogen (secondary N) is 2. The van der Waals surface area contributed by atoms with Gasteiger partial charge in [0.2, 0.25) is 0 Å². The van der Waals surface area contributed by atoms with Gasteiger partial charge in [0.05, 0.1) is 17.3 Å². The molecule has 2 amide bonds. The molecule has 1 rings (SSSR count). The van der Waals surface area contributed by atoms with Crippen LogP contribution in [-0.4, -0.2) is 33.4 Å². The molecule has 1 heterocycles. The number of anilines is 1. The fourth-order valence-corrected chi connectivity index (χ4v) is 1.59. The molecule has 1 aromatic rings. The van der Waals surface area contributed by atoms with Crippen molar-refractivity contribution in [2.24, 2.45) is 13.0 Å². The Morgan fingerprint density at radius 3 is 2.79 bits per heavy atom. The standard InChI is InChI=1S/C12H20N4O3/c1-4-9-10(7-16(3)15-9)14-12(19)13-6-5-8(2)11(17)18/h7-8H,4-6H2,1-3H3,(H,17,18)(H2,13,14,19). The minimum atomic E-state index is -0.859. The number of carboxylic acids is 1. The van der Waals surface area contributed by atoms with E-state index in [1.54, 1.807) is 24.9 Å². The largest absolute Gasteiger partial charge is 0.481 e. The lowest BCUT2D eigenvalue weighted by Gasteiger charge is -2.09. The lowest BCUT2D eigenvalue weighted by Crippen LogP contribution is -2.31. The maximum atomic E-state index is 11.6. The highest BCUT2D eigenvalue weighted by Gasteiger charge is 2.12. The van der Waals surface area contributed by atoms with E-state index >= 15 is 0 Å². The van der Waals surface area contributed by atoms with Crippen LogP contribution in [0.3, 0.4) is 0 Å². The minimum Gasteiger partial charge on any atom is -0.481 e. The zero-order valence-corrected chi connectivity index (χ0v) is 11.4. The molecule has 19 heavy (non-hydrogen) atoms. The van der Waals surface area contributed by atoms with Gasteiger partial charge in [-0.1, -0.05) is 13.8 Å².